The zero-order valence-electron chi connectivity index (χ0n) is 10.4. The van der Waals surface area contributed by atoms with Crippen LogP contribution in [0.25, 0.3) is 0 Å². The number of aliphatic hydroxyl groups is 1. The molecule has 3 heteroatoms. The molecule has 0 amide bonds. The van der Waals surface area contributed by atoms with Gasteiger partial charge in [-0.25, -0.2) is 0 Å². The second-order valence-electron chi connectivity index (χ2n) is 4.92. The van der Waals surface area contributed by atoms with Crippen molar-refractivity contribution < 1.29 is 5.11 Å². The van der Waals surface area contributed by atoms with Crippen molar-refractivity contribution in [2.75, 3.05) is 13.7 Å². The first-order valence-corrected chi connectivity index (χ1v) is 6.23. The molecule has 0 aliphatic rings. The average molecular weight is 286 g/mol. The number of likely N-dealkylation sites (N-methyl/N-ethyl adjacent to an activating group) is 1. The van der Waals surface area contributed by atoms with Crippen molar-refractivity contribution >= 4 is 15.9 Å². The van der Waals surface area contributed by atoms with Crippen molar-refractivity contribution in [3.05, 3.63) is 33.8 Å². The van der Waals surface area contributed by atoms with Crippen LogP contribution in [0.15, 0.2) is 22.7 Å². The number of aliphatic hydroxyl groups excluding tert-OH is 1. The van der Waals surface area contributed by atoms with E-state index in [-0.39, 0.29) is 12.1 Å². The van der Waals surface area contributed by atoms with Crippen LogP contribution >= 0.6 is 15.9 Å². The number of hydrogen-bond acceptors (Lipinski definition) is 2. The van der Waals surface area contributed by atoms with Gasteiger partial charge in [-0.3, -0.25) is 4.90 Å². The maximum Gasteiger partial charge on any atom is 0.0610 e. The summed E-state index contributed by atoms with van der Waals surface area (Å²) in [5.41, 5.74) is 2.30. The Kier molecular flexibility index (Phi) is 4.53. The molecule has 16 heavy (non-hydrogen) atoms. The maximum atomic E-state index is 9.30. The summed E-state index contributed by atoms with van der Waals surface area (Å²) >= 11 is 3.58. The Bertz CT molecular complexity index is 363. The second-order valence-corrected chi connectivity index (χ2v) is 5.78. The normalized spacial score (nSPS) is 12.2. The minimum atomic E-state index is -0.190. The van der Waals surface area contributed by atoms with E-state index in [2.05, 4.69) is 46.0 Å². The molecule has 0 atom stereocenters. The highest BCUT2D eigenvalue weighted by Gasteiger charge is 2.22. The number of rotatable bonds is 4. The summed E-state index contributed by atoms with van der Waals surface area (Å²) in [6, 6.07) is 6.36. The topological polar surface area (TPSA) is 23.5 Å². The fourth-order valence-corrected chi connectivity index (χ4v) is 1.99. The first kappa shape index (κ1) is 13.7. The Morgan fingerprint density at radius 1 is 1.38 bits per heavy atom. The van der Waals surface area contributed by atoms with Gasteiger partial charge in [0.05, 0.1) is 6.61 Å². The molecule has 1 rings (SSSR count). The number of nitrogens with zero attached hydrogens (tertiary/aromatic N) is 1. The third-order valence-corrected chi connectivity index (χ3v) is 3.77. The van der Waals surface area contributed by atoms with Crippen molar-refractivity contribution in [3.8, 4) is 0 Å². The predicted molar refractivity (Wildman–Crippen MR) is 71.5 cm³/mol. The van der Waals surface area contributed by atoms with Gasteiger partial charge in [0.1, 0.15) is 0 Å². The molecule has 0 spiro atoms. The second kappa shape index (κ2) is 5.30. The van der Waals surface area contributed by atoms with Crippen LogP contribution in [0.1, 0.15) is 25.0 Å². The van der Waals surface area contributed by atoms with Gasteiger partial charge in [-0.15, -0.1) is 0 Å². The van der Waals surface area contributed by atoms with E-state index in [0.29, 0.717) is 0 Å². The summed E-state index contributed by atoms with van der Waals surface area (Å²) in [6.45, 7) is 7.14. The molecule has 2 nitrogen and oxygen atoms in total. The van der Waals surface area contributed by atoms with Crippen LogP contribution in [0.5, 0.6) is 0 Å². The quantitative estimate of drug-likeness (QED) is 0.920. The van der Waals surface area contributed by atoms with E-state index in [1.165, 1.54) is 11.1 Å². The van der Waals surface area contributed by atoms with Crippen molar-refractivity contribution in [2.45, 2.75) is 32.9 Å². The molecule has 0 aromatic heterocycles. The lowest BCUT2D eigenvalue weighted by Crippen LogP contribution is -2.43. The molecule has 0 aliphatic heterocycles. The van der Waals surface area contributed by atoms with Crippen LogP contribution in [-0.4, -0.2) is 29.2 Å². The lowest BCUT2D eigenvalue weighted by Gasteiger charge is -2.34. The molecule has 0 radical (unpaired) electrons. The molecular formula is C13H20BrNO. The standard InChI is InChI=1S/C13H20BrNO/c1-10-5-6-11(12(14)7-10)8-15(4)13(2,3)9-16/h5-7,16H,8-9H2,1-4H3. The average Bonchev–Trinajstić information content (AvgIpc) is 2.22. The van der Waals surface area contributed by atoms with Gasteiger partial charge in [-0.1, -0.05) is 28.1 Å². The van der Waals surface area contributed by atoms with Gasteiger partial charge in [0, 0.05) is 16.6 Å². The smallest absolute Gasteiger partial charge is 0.0610 e. The van der Waals surface area contributed by atoms with Crippen LogP contribution in [0, 0.1) is 6.92 Å². The van der Waals surface area contributed by atoms with Crippen molar-refractivity contribution in [2.24, 2.45) is 0 Å². The molecule has 90 valence electrons. The van der Waals surface area contributed by atoms with Crippen LogP contribution in [0.4, 0.5) is 0 Å². The Labute approximate surface area is 106 Å². The summed E-state index contributed by atoms with van der Waals surface area (Å²) in [5, 5.41) is 9.30. The third kappa shape index (κ3) is 3.30. The van der Waals surface area contributed by atoms with E-state index in [4.69, 9.17) is 0 Å². The van der Waals surface area contributed by atoms with E-state index in [0.717, 1.165) is 11.0 Å². The third-order valence-electron chi connectivity index (χ3n) is 3.04. The van der Waals surface area contributed by atoms with Crippen molar-refractivity contribution in [1.82, 2.24) is 4.90 Å². The van der Waals surface area contributed by atoms with E-state index in [1.54, 1.807) is 0 Å². The van der Waals surface area contributed by atoms with Crippen molar-refractivity contribution in [3.63, 3.8) is 0 Å². The fourth-order valence-electron chi connectivity index (χ4n) is 1.37. The molecule has 1 N–H and O–H groups in total. The Hall–Kier alpha value is -0.380. The number of aryl methyl sites for hydroxylation is 1. The highest BCUT2D eigenvalue weighted by Crippen LogP contribution is 2.22. The molecule has 0 fully saturated rings. The predicted octanol–water partition coefficient (Wildman–Crippen LogP) is 2.96. The summed E-state index contributed by atoms with van der Waals surface area (Å²) in [7, 11) is 2.03. The molecule has 0 bridgehead atoms. The monoisotopic (exact) mass is 285 g/mol. The van der Waals surface area contributed by atoms with Gasteiger partial charge in [-0.05, 0) is 45.0 Å². The Balaban J connectivity index is 2.81. The van der Waals surface area contributed by atoms with Gasteiger partial charge < -0.3 is 5.11 Å². The minimum Gasteiger partial charge on any atom is -0.394 e. The largest absolute Gasteiger partial charge is 0.394 e. The van der Waals surface area contributed by atoms with Crippen molar-refractivity contribution in [1.29, 1.82) is 0 Å². The van der Waals surface area contributed by atoms with Crippen LogP contribution in [0.2, 0.25) is 0 Å². The molecule has 0 heterocycles. The van der Waals surface area contributed by atoms with E-state index in [9.17, 15) is 5.11 Å². The molecular weight excluding hydrogens is 266 g/mol. The Morgan fingerprint density at radius 3 is 2.50 bits per heavy atom. The summed E-state index contributed by atoms with van der Waals surface area (Å²) in [5.74, 6) is 0. The minimum absolute atomic E-state index is 0.160. The highest BCUT2D eigenvalue weighted by molar-refractivity contribution is 9.10. The number of hydrogen-bond donors (Lipinski definition) is 1. The lowest BCUT2D eigenvalue weighted by molar-refractivity contribution is 0.0732. The van der Waals surface area contributed by atoms with E-state index < -0.39 is 0 Å². The summed E-state index contributed by atoms with van der Waals surface area (Å²) in [6.07, 6.45) is 0. The first-order chi connectivity index (χ1) is 7.36. The van der Waals surface area contributed by atoms with E-state index >= 15 is 0 Å². The fraction of sp³-hybridized carbons (Fsp3) is 0.538. The Morgan fingerprint density at radius 2 is 2.00 bits per heavy atom. The van der Waals surface area contributed by atoms with Gasteiger partial charge in [-0.2, -0.15) is 0 Å². The number of halogens is 1. The number of benzene rings is 1. The molecule has 0 unspecified atom stereocenters. The summed E-state index contributed by atoms with van der Waals surface area (Å²) < 4.78 is 1.13. The van der Waals surface area contributed by atoms with E-state index in [1.807, 2.05) is 20.9 Å². The molecule has 1 aromatic carbocycles. The first-order valence-electron chi connectivity index (χ1n) is 5.44. The van der Waals surface area contributed by atoms with Gasteiger partial charge in [0.15, 0.2) is 0 Å². The van der Waals surface area contributed by atoms with Crippen LogP contribution in [0.3, 0.4) is 0 Å². The van der Waals surface area contributed by atoms with Gasteiger partial charge in [0.2, 0.25) is 0 Å². The zero-order valence-corrected chi connectivity index (χ0v) is 12.0. The van der Waals surface area contributed by atoms with Gasteiger partial charge in [0.25, 0.3) is 0 Å². The van der Waals surface area contributed by atoms with Gasteiger partial charge >= 0.3 is 0 Å². The summed E-state index contributed by atoms with van der Waals surface area (Å²) in [4.78, 5) is 2.16. The van der Waals surface area contributed by atoms with Crippen LogP contribution < -0.4 is 0 Å². The molecule has 0 aliphatic carbocycles. The molecule has 0 saturated heterocycles. The maximum absolute atomic E-state index is 9.30. The molecule has 0 saturated carbocycles. The zero-order chi connectivity index (χ0) is 12.3. The van der Waals surface area contributed by atoms with Crippen LogP contribution in [-0.2, 0) is 6.54 Å². The molecule has 1 aromatic rings. The SMILES string of the molecule is Cc1ccc(CN(C)C(C)(C)CO)c(Br)c1. The lowest BCUT2D eigenvalue weighted by atomic mass is 10.0. The highest BCUT2D eigenvalue weighted by atomic mass is 79.9.